The van der Waals surface area contributed by atoms with Gasteiger partial charge in [-0.25, -0.2) is 0 Å². The summed E-state index contributed by atoms with van der Waals surface area (Å²) in [4.78, 5) is 21.9. The summed E-state index contributed by atoms with van der Waals surface area (Å²) >= 11 is 0. The predicted octanol–water partition coefficient (Wildman–Crippen LogP) is 1.24. The molecule has 19 heavy (non-hydrogen) atoms. The molecule has 0 aliphatic carbocycles. The molecule has 2 rings (SSSR count). The van der Waals surface area contributed by atoms with E-state index in [1.807, 2.05) is 0 Å². The molecular weight excluding hydrogens is 248 g/mol. The van der Waals surface area contributed by atoms with Gasteiger partial charge >= 0.3 is 0 Å². The molecule has 0 unspecified atom stereocenters. The predicted molar refractivity (Wildman–Crippen MR) is 72.2 cm³/mol. The maximum absolute atomic E-state index is 11.3. The fourth-order valence-electron chi connectivity index (χ4n) is 2.05. The van der Waals surface area contributed by atoms with E-state index in [4.69, 9.17) is 5.73 Å². The lowest BCUT2D eigenvalue weighted by molar-refractivity contribution is -0.384. The second-order valence-corrected chi connectivity index (χ2v) is 4.43. The Labute approximate surface area is 110 Å². The number of nitro groups is 1. The minimum absolute atomic E-state index is 0.00278. The van der Waals surface area contributed by atoms with Gasteiger partial charge in [-0.15, -0.1) is 0 Å². The molecule has 0 aromatic heterocycles. The Morgan fingerprint density at radius 3 is 2.89 bits per heavy atom. The molecule has 4 N–H and O–H groups in total. The van der Waals surface area contributed by atoms with Crippen LogP contribution in [0.3, 0.4) is 0 Å². The Kier molecular flexibility index (Phi) is 3.96. The molecule has 1 aliphatic heterocycles. The largest absolute Gasteiger partial charge is 0.379 e. The van der Waals surface area contributed by atoms with Crippen LogP contribution in [0.2, 0.25) is 0 Å². The summed E-state index contributed by atoms with van der Waals surface area (Å²) < 4.78 is 0. The van der Waals surface area contributed by atoms with Crippen LogP contribution in [0.15, 0.2) is 12.1 Å². The molecular formula is C12H16N4O3. The molecule has 0 spiro atoms. The van der Waals surface area contributed by atoms with E-state index >= 15 is 0 Å². The fourth-order valence-corrected chi connectivity index (χ4v) is 2.05. The average molecular weight is 264 g/mol. The van der Waals surface area contributed by atoms with Crippen molar-refractivity contribution in [3.05, 3.63) is 27.8 Å². The second-order valence-electron chi connectivity index (χ2n) is 4.43. The summed E-state index contributed by atoms with van der Waals surface area (Å²) in [6.45, 7) is 1.22. The molecule has 1 aliphatic rings. The quantitative estimate of drug-likeness (QED) is 0.406. The lowest BCUT2D eigenvalue weighted by atomic mass is 10.1. The van der Waals surface area contributed by atoms with E-state index in [-0.39, 0.29) is 18.0 Å². The number of nitrogens with one attached hydrogen (secondary N) is 2. The van der Waals surface area contributed by atoms with Crippen molar-refractivity contribution in [1.29, 1.82) is 0 Å². The highest BCUT2D eigenvalue weighted by molar-refractivity contribution is 6.00. The summed E-state index contributed by atoms with van der Waals surface area (Å²) in [7, 11) is 0. The van der Waals surface area contributed by atoms with E-state index in [1.54, 1.807) is 6.07 Å². The smallest absolute Gasteiger partial charge is 0.292 e. The number of amides is 1. The summed E-state index contributed by atoms with van der Waals surface area (Å²) in [5.74, 6) is -0.135. The normalized spacial score (nSPS) is 13.0. The van der Waals surface area contributed by atoms with E-state index in [1.165, 1.54) is 6.07 Å². The number of fused-ring (bicyclic) bond motifs is 1. The van der Waals surface area contributed by atoms with Crippen LogP contribution in [0, 0.1) is 10.1 Å². The van der Waals surface area contributed by atoms with E-state index in [9.17, 15) is 14.9 Å². The maximum Gasteiger partial charge on any atom is 0.292 e. The van der Waals surface area contributed by atoms with Gasteiger partial charge in [-0.2, -0.15) is 0 Å². The fraction of sp³-hybridized carbons (Fsp3) is 0.417. The standard InChI is InChI=1S/C12H16N4O3/c13-3-1-2-4-14-10-7-9-8(6-12(17)15-9)5-11(10)16(18)19/h5,7,14H,1-4,6,13H2,(H,15,17). The zero-order valence-electron chi connectivity index (χ0n) is 10.4. The lowest BCUT2D eigenvalue weighted by Crippen LogP contribution is -2.07. The van der Waals surface area contributed by atoms with Gasteiger partial charge < -0.3 is 16.4 Å². The van der Waals surface area contributed by atoms with Gasteiger partial charge in [-0.05, 0) is 31.0 Å². The number of nitrogens with two attached hydrogens (primary N) is 1. The number of unbranched alkanes of at least 4 members (excludes halogenated alkanes) is 1. The Morgan fingerprint density at radius 2 is 2.21 bits per heavy atom. The van der Waals surface area contributed by atoms with Crippen LogP contribution in [0.4, 0.5) is 17.1 Å². The SMILES string of the molecule is NCCCCNc1cc2c(cc1[N+](=O)[O-])CC(=O)N2. The summed E-state index contributed by atoms with van der Waals surface area (Å²) in [6.07, 6.45) is 1.91. The number of benzene rings is 1. The maximum atomic E-state index is 11.3. The number of hydrogen-bond donors (Lipinski definition) is 3. The monoisotopic (exact) mass is 264 g/mol. The number of anilines is 2. The number of carbonyl (C=O) groups excluding carboxylic acids is 1. The van der Waals surface area contributed by atoms with Gasteiger partial charge in [0, 0.05) is 18.3 Å². The van der Waals surface area contributed by atoms with Gasteiger partial charge in [0.2, 0.25) is 5.91 Å². The molecule has 102 valence electrons. The van der Waals surface area contributed by atoms with Crippen molar-refractivity contribution in [2.45, 2.75) is 19.3 Å². The van der Waals surface area contributed by atoms with E-state index in [0.717, 1.165) is 12.8 Å². The van der Waals surface area contributed by atoms with Crippen molar-refractivity contribution in [3.63, 3.8) is 0 Å². The van der Waals surface area contributed by atoms with Crippen molar-refractivity contribution in [3.8, 4) is 0 Å². The molecule has 1 heterocycles. The third kappa shape index (κ3) is 3.00. The molecule has 1 amide bonds. The van der Waals surface area contributed by atoms with Gasteiger partial charge in [-0.1, -0.05) is 0 Å². The van der Waals surface area contributed by atoms with Crippen LogP contribution in [-0.4, -0.2) is 23.9 Å². The highest BCUT2D eigenvalue weighted by Gasteiger charge is 2.24. The average Bonchev–Trinajstić information content (AvgIpc) is 2.72. The van der Waals surface area contributed by atoms with Crippen LogP contribution in [0.5, 0.6) is 0 Å². The van der Waals surface area contributed by atoms with Gasteiger partial charge in [-0.3, -0.25) is 14.9 Å². The lowest BCUT2D eigenvalue weighted by Gasteiger charge is -2.09. The number of nitrogens with zero attached hydrogens (tertiary/aromatic N) is 1. The first-order chi connectivity index (χ1) is 9.11. The molecule has 0 atom stereocenters. The Hall–Kier alpha value is -2.15. The minimum atomic E-state index is -0.436. The van der Waals surface area contributed by atoms with Gasteiger partial charge in [0.1, 0.15) is 5.69 Å². The third-order valence-corrected chi connectivity index (χ3v) is 2.99. The van der Waals surface area contributed by atoms with Crippen molar-refractivity contribution in [1.82, 2.24) is 0 Å². The summed E-state index contributed by atoms with van der Waals surface area (Å²) in [5.41, 5.74) is 7.15. The van der Waals surface area contributed by atoms with Crippen molar-refractivity contribution in [2.24, 2.45) is 5.73 Å². The highest BCUT2D eigenvalue weighted by atomic mass is 16.6. The second kappa shape index (κ2) is 5.66. The van der Waals surface area contributed by atoms with Crippen molar-refractivity contribution < 1.29 is 9.72 Å². The van der Waals surface area contributed by atoms with Crippen LogP contribution in [-0.2, 0) is 11.2 Å². The van der Waals surface area contributed by atoms with Crippen LogP contribution in [0.1, 0.15) is 18.4 Å². The molecule has 7 heteroatoms. The highest BCUT2D eigenvalue weighted by Crippen LogP contribution is 2.34. The van der Waals surface area contributed by atoms with E-state index in [0.29, 0.717) is 30.0 Å². The van der Waals surface area contributed by atoms with E-state index < -0.39 is 4.92 Å². The van der Waals surface area contributed by atoms with Crippen molar-refractivity contribution in [2.75, 3.05) is 23.7 Å². The summed E-state index contributed by atoms with van der Waals surface area (Å²) in [5, 5.41) is 16.7. The molecule has 0 saturated heterocycles. The van der Waals surface area contributed by atoms with Crippen LogP contribution >= 0.6 is 0 Å². The first-order valence-electron chi connectivity index (χ1n) is 6.17. The van der Waals surface area contributed by atoms with Crippen LogP contribution in [0.25, 0.3) is 0 Å². The first kappa shape index (κ1) is 13.3. The van der Waals surface area contributed by atoms with Gasteiger partial charge in [0.15, 0.2) is 0 Å². The summed E-state index contributed by atoms with van der Waals surface area (Å²) in [6, 6.07) is 3.08. The Morgan fingerprint density at radius 1 is 1.42 bits per heavy atom. The number of rotatable bonds is 6. The molecule has 0 saturated carbocycles. The molecule has 0 bridgehead atoms. The molecule has 0 fully saturated rings. The van der Waals surface area contributed by atoms with Gasteiger partial charge in [0.05, 0.1) is 11.3 Å². The number of nitro benzene ring substituents is 1. The van der Waals surface area contributed by atoms with E-state index in [2.05, 4.69) is 10.6 Å². The Bertz CT molecular complexity index is 516. The molecule has 0 radical (unpaired) electrons. The zero-order valence-corrected chi connectivity index (χ0v) is 10.4. The van der Waals surface area contributed by atoms with Crippen LogP contribution < -0.4 is 16.4 Å². The molecule has 1 aromatic carbocycles. The van der Waals surface area contributed by atoms with Gasteiger partial charge in [0.25, 0.3) is 5.69 Å². The first-order valence-corrected chi connectivity index (χ1v) is 6.17. The topological polar surface area (TPSA) is 110 Å². The molecule has 1 aromatic rings. The third-order valence-electron chi connectivity index (χ3n) is 2.99. The number of hydrogen-bond acceptors (Lipinski definition) is 5. The molecule has 7 nitrogen and oxygen atoms in total. The number of carbonyl (C=O) groups is 1. The Balaban J connectivity index is 2.19. The zero-order chi connectivity index (χ0) is 13.8. The minimum Gasteiger partial charge on any atom is -0.379 e. The van der Waals surface area contributed by atoms with Crippen molar-refractivity contribution >= 4 is 23.0 Å².